The van der Waals surface area contributed by atoms with E-state index >= 15 is 0 Å². The minimum Gasteiger partial charge on any atom is -0.497 e. The first-order valence-corrected chi connectivity index (χ1v) is 9.58. The number of carbonyl (C=O) groups excluding carboxylic acids is 3. The lowest BCUT2D eigenvalue weighted by atomic mass is 10.0. The van der Waals surface area contributed by atoms with Crippen LogP contribution in [-0.4, -0.2) is 78.3 Å². The van der Waals surface area contributed by atoms with E-state index in [2.05, 4.69) is 0 Å². The highest BCUT2D eigenvalue weighted by atomic mass is 16.5. The van der Waals surface area contributed by atoms with Crippen molar-refractivity contribution in [3.63, 3.8) is 0 Å². The van der Waals surface area contributed by atoms with Gasteiger partial charge in [-0.05, 0) is 37.1 Å². The van der Waals surface area contributed by atoms with Gasteiger partial charge in [-0.2, -0.15) is 0 Å². The third kappa shape index (κ3) is 3.38. The molecule has 3 aliphatic rings. The predicted octanol–water partition coefficient (Wildman–Crippen LogP) is 0.991. The van der Waals surface area contributed by atoms with Crippen LogP contribution in [-0.2, 0) is 9.59 Å². The zero-order valence-electron chi connectivity index (χ0n) is 15.6. The lowest BCUT2D eigenvalue weighted by Crippen LogP contribution is -2.61. The second-order valence-electron chi connectivity index (χ2n) is 7.57. The molecule has 0 aromatic heterocycles. The Balaban J connectivity index is 1.31. The first-order valence-electron chi connectivity index (χ1n) is 9.58. The van der Waals surface area contributed by atoms with Crippen molar-refractivity contribution in [3.8, 4) is 5.75 Å². The van der Waals surface area contributed by atoms with E-state index in [-0.39, 0.29) is 29.7 Å². The number of likely N-dealkylation sites (tertiary alicyclic amines) is 3. The van der Waals surface area contributed by atoms with Crippen molar-refractivity contribution in [2.75, 3.05) is 39.8 Å². The number of nitrogens with zero attached hydrogens (tertiary/aromatic N) is 3. The largest absolute Gasteiger partial charge is 0.497 e. The van der Waals surface area contributed by atoms with E-state index in [0.717, 1.165) is 25.9 Å². The molecule has 3 amide bonds. The van der Waals surface area contributed by atoms with Gasteiger partial charge < -0.3 is 19.4 Å². The van der Waals surface area contributed by atoms with Crippen LogP contribution in [0, 0.1) is 5.92 Å². The third-order valence-electron chi connectivity index (χ3n) is 5.85. The summed E-state index contributed by atoms with van der Waals surface area (Å²) in [6.07, 6.45) is 2.42. The summed E-state index contributed by atoms with van der Waals surface area (Å²) in [7, 11) is 1.59. The van der Waals surface area contributed by atoms with Gasteiger partial charge in [0.15, 0.2) is 0 Å². The summed E-state index contributed by atoms with van der Waals surface area (Å²) in [6, 6.07) is 7.06. The van der Waals surface area contributed by atoms with Crippen molar-refractivity contribution in [3.05, 3.63) is 29.8 Å². The van der Waals surface area contributed by atoms with Crippen LogP contribution in [0.2, 0.25) is 0 Å². The number of rotatable bonds is 4. The molecule has 3 saturated heterocycles. The average molecular weight is 371 g/mol. The average Bonchev–Trinajstić information content (AvgIpc) is 3.30. The van der Waals surface area contributed by atoms with E-state index < -0.39 is 0 Å². The Morgan fingerprint density at radius 1 is 1.00 bits per heavy atom. The van der Waals surface area contributed by atoms with Crippen molar-refractivity contribution in [2.24, 2.45) is 5.92 Å². The SMILES string of the molecule is COc1ccc(C(=O)N2CC(N3CC(C(=O)N4CCCC4)CC3=O)C2)cc1. The number of benzene rings is 1. The molecular formula is C20H25N3O4. The van der Waals surface area contributed by atoms with E-state index in [1.807, 2.05) is 4.90 Å². The molecule has 1 unspecified atom stereocenters. The summed E-state index contributed by atoms with van der Waals surface area (Å²) in [5.41, 5.74) is 0.615. The molecule has 0 saturated carbocycles. The van der Waals surface area contributed by atoms with Gasteiger partial charge >= 0.3 is 0 Å². The van der Waals surface area contributed by atoms with Crippen molar-refractivity contribution in [2.45, 2.75) is 25.3 Å². The summed E-state index contributed by atoms with van der Waals surface area (Å²) < 4.78 is 5.11. The lowest BCUT2D eigenvalue weighted by molar-refractivity contribution is -0.135. The number of ether oxygens (including phenoxy) is 1. The molecule has 3 heterocycles. The molecule has 0 bridgehead atoms. The van der Waals surface area contributed by atoms with Crippen molar-refractivity contribution in [1.82, 2.24) is 14.7 Å². The first-order chi connectivity index (χ1) is 13.1. The van der Waals surface area contributed by atoms with Crippen molar-refractivity contribution in [1.29, 1.82) is 0 Å². The molecule has 0 aliphatic carbocycles. The topological polar surface area (TPSA) is 70.2 Å². The van der Waals surface area contributed by atoms with Crippen LogP contribution >= 0.6 is 0 Å². The number of methoxy groups -OCH3 is 1. The van der Waals surface area contributed by atoms with Gasteiger partial charge in [-0.1, -0.05) is 0 Å². The van der Waals surface area contributed by atoms with Gasteiger partial charge in [-0.25, -0.2) is 0 Å². The van der Waals surface area contributed by atoms with Crippen LogP contribution in [0.5, 0.6) is 5.75 Å². The van der Waals surface area contributed by atoms with Gasteiger partial charge in [0, 0.05) is 44.7 Å². The Morgan fingerprint density at radius 2 is 1.67 bits per heavy atom. The maximum atomic E-state index is 12.5. The Morgan fingerprint density at radius 3 is 2.30 bits per heavy atom. The monoisotopic (exact) mass is 371 g/mol. The highest BCUT2D eigenvalue weighted by Crippen LogP contribution is 2.28. The maximum absolute atomic E-state index is 12.5. The minimum atomic E-state index is -0.220. The zero-order valence-corrected chi connectivity index (χ0v) is 15.6. The van der Waals surface area contributed by atoms with E-state index in [4.69, 9.17) is 4.74 Å². The number of carbonyl (C=O) groups is 3. The van der Waals surface area contributed by atoms with Gasteiger partial charge in [0.05, 0.1) is 19.1 Å². The molecular weight excluding hydrogens is 346 g/mol. The van der Waals surface area contributed by atoms with E-state index in [9.17, 15) is 14.4 Å². The minimum absolute atomic E-state index is 0.0241. The molecule has 0 spiro atoms. The zero-order chi connectivity index (χ0) is 19.0. The molecule has 0 radical (unpaired) electrons. The van der Waals surface area contributed by atoms with Gasteiger partial charge in [0.2, 0.25) is 11.8 Å². The van der Waals surface area contributed by atoms with Gasteiger partial charge in [-0.15, -0.1) is 0 Å². The number of hydrogen-bond acceptors (Lipinski definition) is 4. The number of hydrogen-bond donors (Lipinski definition) is 0. The Hall–Kier alpha value is -2.57. The van der Waals surface area contributed by atoms with E-state index in [1.165, 1.54) is 0 Å². The highest BCUT2D eigenvalue weighted by molar-refractivity contribution is 5.95. The van der Waals surface area contributed by atoms with Crippen LogP contribution in [0.1, 0.15) is 29.6 Å². The summed E-state index contributed by atoms with van der Waals surface area (Å²) in [5.74, 6) is 0.611. The van der Waals surface area contributed by atoms with Gasteiger partial charge in [0.1, 0.15) is 5.75 Å². The molecule has 3 fully saturated rings. The molecule has 3 aliphatic heterocycles. The molecule has 1 aromatic carbocycles. The van der Waals surface area contributed by atoms with Crippen molar-refractivity contribution >= 4 is 17.7 Å². The third-order valence-corrected chi connectivity index (χ3v) is 5.85. The molecule has 4 rings (SSSR count). The summed E-state index contributed by atoms with van der Waals surface area (Å²) in [4.78, 5) is 42.9. The molecule has 0 N–H and O–H groups in total. The Kier molecular flexibility index (Phi) is 4.76. The Labute approximate surface area is 158 Å². The number of amides is 3. The van der Waals surface area contributed by atoms with Crippen LogP contribution < -0.4 is 4.74 Å². The summed E-state index contributed by atoms with van der Waals surface area (Å²) in [5, 5.41) is 0. The van der Waals surface area contributed by atoms with Crippen molar-refractivity contribution < 1.29 is 19.1 Å². The first kappa shape index (κ1) is 17.8. The Bertz CT molecular complexity index is 736. The fourth-order valence-electron chi connectivity index (χ4n) is 4.18. The smallest absolute Gasteiger partial charge is 0.254 e. The van der Waals surface area contributed by atoms with Gasteiger partial charge in [0.25, 0.3) is 5.91 Å². The molecule has 7 heteroatoms. The predicted molar refractivity (Wildman–Crippen MR) is 98.3 cm³/mol. The standard InChI is InChI=1S/C20H25N3O4/c1-27-17-6-4-14(5-7-17)19(25)22-12-16(13-22)23-11-15(10-18(23)24)20(26)21-8-2-3-9-21/h4-7,15-16H,2-3,8-13H2,1H3. The molecule has 7 nitrogen and oxygen atoms in total. The van der Waals surface area contributed by atoms with Crippen LogP contribution in [0.15, 0.2) is 24.3 Å². The molecule has 1 aromatic rings. The summed E-state index contributed by atoms with van der Waals surface area (Å²) in [6.45, 7) is 3.18. The van der Waals surface area contributed by atoms with Crippen LogP contribution in [0.25, 0.3) is 0 Å². The molecule has 27 heavy (non-hydrogen) atoms. The second kappa shape index (κ2) is 7.21. The fourth-order valence-corrected chi connectivity index (χ4v) is 4.18. The lowest BCUT2D eigenvalue weighted by Gasteiger charge is -2.44. The second-order valence-corrected chi connectivity index (χ2v) is 7.57. The fraction of sp³-hybridized carbons (Fsp3) is 0.550. The highest BCUT2D eigenvalue weighted by Gasteiger charge is 2.44. The van der Waals surface area contributed by atoms with E-state index in [1.54, 1.807) is 41.2 Å². The normalized spacial score (nSPS) is 22.9. The summed E-state index contributed by atoms with van der Waals surface area (Å²) >= 11 is 0. The molecule has 1 atom stereocenters. The molecule has 144 valence electrons. The van der Waals surface area contributed by atoms with Crippen LogP contribution in [0.3, 0.4) is 0 Å². The van der Waals surface area contributed by atoms with Gasteiger partial charge in [-0.3, -0.25) is 14.4 Å². The quantitative estimate of drug-likeness (QED) is 0.792. The van der Waals surface area contributed by atoms with E-state index in [0.29, 0.717) is 37.4 Å². The van der Waals surface area contributed by atoms with Crippen LogP contribution in [0.4, 0.5) is 0 Å². The maximum Gasteiger partial charge on any atom is 0.254 e.